The summed E-state index contributed by atoms with van der Waals surface area (Å²) in [5, 5.41) is 6.92. The van der Waals surface area contributed by atoms with Crippen molar-refractivity contribution in [3.8, 4) is 0 Å². The molecule has 0 aliphatic carbocycles. The molecule has 3 heterocycles. The lowest BCUT2D eigenvalue weighted by atomic mass is 10.2. The molecule has 2 atom stereocenters. The summed E-state index contributed by atoms with van der Waals surface area (Å²) in [5.41, 5.74) is 2.91. The first-order valence-electron chi connectivity index (χ1n) is 11.3. The molecule has 0 radical (unpaired) electrons. The SMILES string of the molecule is COC[C@H](C)Nc1cnc2c(c1)c(NC(=O)[C@H]1CCCO1)c(C(=O)OC)n2Cc1ccccc1. The predicted octanol–water partition coefficient (Wildman–Crippen LogP) is 3.44. The van der Waals surface area contributed by atoms with E-state index in [0.717, 1.165) is 17.7 Å². The van der Waals surface area contributed by atoms with Gasteiger partial charge in [0.05, 0.1) is 31.3 Å². The fourth-order valence-corrected chi connectivity index (χ4v) is 4.22. The molecule has 3 aromatic rings. The number of carbonyl (C=O) groups is 2. The highest BCUT2D eigenvalue weighted by Crippen LogP contribution is 2.34. The van der Waals surface area contributed by atoms with Crippen molar-refractivity contribution in [3.05, 3.63) is 53.9 Å². The van der Waals surface area contributed by atoms with Crippen molar-refractivity contribution < 1.29 is 23.8 Å². The molecule has 4 rings (SSSR count). The van der Waals surface area contributed by atoms with Gasteiger partial charge in [0.25, 0.3) is 5.91 Å². The number of anilines is 2. The molecule has 9 nitrogen and oxygen atoms in total. The lowest BCUT2D eigenvalue weighted by Gasteiger charge is -2.14. The van der Waals surface area contributed by atoms with Gasteiger partial charge in [-0.2, -0.15) is 0 Å². The molecule has 34 heavy (non-hydrogen) atoms. The van der Waals surface area contributed by atoms with Gasteiger partial charge in [0, 0.05) is 31.7 Å². The van der Waals surface area contributed by atoms with Crippen LogP contribution in [0.2, 0.25) is 0 Å². The summed E-state index contributed by atoms with van der Waals surface area (Å²) < 4.78 is 17.7. The smallest absolute Gasteiger partial charge is 0.356 e. The first-order valence-corrected chi connectivity index (χ1v) is 11.3. The van der Waals surface area contributed by atoms with Gasteiger partial charge >= 0.3 is 5.97 Å². The third kappa shape index (κ3) is 5.05. The second-order valence-electron chi connectivity index (χ2n) is 8.37. The number of ether oxygens (including phenoxy) is 3. The van der Waals surface area contributed by atoms with Crippen LogP contribution in [0.4, 0.5) is 11.4 Å². The number of amides is 1. The average Bonchev–Trinajstić information content (AvgIpc) is 3.47. The van der Waals surface area contributed by atoms with Crippen molar-refractivity contribution >= 4 is 34.3 Å². The molecule has 1 fully saturated rings. The Bertz CT molecular complexity index is 1160. The minimum Gasteiger partial charge on any atom is -0.464 e. The number of methoxy groups -OCH3 is 2. The third-order valence-corrected chi connectivity index (χ3v) is 5.76. The van der Waals surface area contributed by atoms with E-state index in [9.17, 15) is 9.59 Å². The Hall–Kier alpha value is -3.43. The number of carbonyl (C=O) groups excluding carboxylic acids is 2. The highest BCUT2D eigenvalue weighted by atomic mass is 16.5. The van der Waals surface area contributed by atoms with Crippen LogP contribution >= 0.6 is 0 Å². The van der Waals surface area contributed by atoms with E-state index in [1.807, 2.05) is 43.3 Å². The Morgan fingerprint density at radius 1 is 1.26 bits per heavy atom. The summed E-state index contributed by atoms with van der Waals surface area (Å²) in [6.07, 6.45) is 2.63. The molecule has 1 saturated heterocycles. The Morgan fingerprint density at radius 2 is 2.06 bits per heavy atom. The van der Waals surface area contributed by atoms with Gasteiger partial charge in [-0.15, -0.1) is 0 Å². The highest BCUT2D eigenvalue weighted by molar-refractivity contribution is 6.12. The van der Waals surface area contributed by atoms with Crippen molar-refractivity contribution in [2.75, 3.05) is 38.1 Å². The molecule has 1 aliphatic rings. The lowest BCUT2D eigenvalue weighted by molar-refractivity contribution is -0.124. The van der Waals surface area contributed by atoms with Crippen LogP contribution in [0.3, 0.4) is 0 Å². The van der Waals surface area contributed by atoms with E-state index >= 15 is 0 Å². The first kappa shape index (κ1) is 23.7. The van der Waals surface area contributed by atoms with E-state index in [0.29, 0.717) is 42.9 Å². The largest absolute Gasteiger partial charge is 0.464 e. The number of fused-ring (bicyclic) bond motifs is 1. The van der Waals surface area contributed by atoms with E-state index in [-0.39, 0.29) is 17.6 Å². The van der Waals surface area contributed by atoms with Crippen LogP contribution in [0.1, 0.15) is 35.8 Å². The highest BCUT2D eigenvalue weighted by Gasteiger charge is 2.30. The molecule has 2 aromatic heterocycles. The minimum atomic E-state index is -0.557. The van der Waals surface area contributed by atoms with Gasteiger partial charge in [0.1, 0.15) is 11.8 Å². The second-order valence-corrected chi connectivity index (χ2v) is 8.37. The zero-order chi connectivity index (χ0) is 24.1. The molecule has 1 aromatic carbocycles. The Labute approximate surface area is 198 Å². The van der Waals surface area contributed by atoms with Crippen LogP contribution in [0.5, 0.6) is 0 Å². The molecular formula is C25H30N4O5. The maximum atomic E-state index is 13.0. The standard InChI is InChI=1S/C25H30N4O5/c1-16(15-32-2)27-18-12-19-21(28-24(30)20-10-7-11-34-20)22(25(31)33-3)29(23(19)26-13-18)14-17-8-5-4-6-9-17/h4-6,8-9,12-13,16,20,27H,7,10-11,14-15H2,1-3H3,(H,28,30)/t16-,20+/m0/s1. The number of nitrogens with zero attached hydrogens (tertiary/aromatic N) is 2. The van der Waals surface area contributed by atoms with Gasteiger partial charge in [-0.05, 0) is 31.4 Å². The van der Waals surface area contributed by atoms with Crippen LogP contribution in [0.15, 0.2) is 42.6 Å². The topological polar surface area (TPSA) is 104 Å². The number of rotatable bonds is 9. The fraction of sp³-hybridized carbons (Fsp3) is 0.400. The number of nitrogens with one attached hydrogen (secondary N) is 2. The number of hydrogen-bond donors (Lipinski definition) is 2. The Balaban J connectivity index is 1.83. The molecule has 9 heteroatoms. The predicted molar refractivity (Wildman–Crippen MR) is 129 cm³/mol. The van der Waals surface area contributed by atoms with E-state index < -0.39 is 12.1 Å². The maximum absolute atomic E-state index is 13.0. The number of esters is 1. The monoisotopic (exact) mass is 466 g/mol. The number of benzene rings is 1. The first-order chi connectivity index (χ1) is 16.5. The van der Waals surface area contributed by atoms with Gasteiger partial charge in [-0.3, -0.25) is 4.79 Å². The quantitative estimate of drug-likeness (QED) is 0.466. The summed E-state index contributed by atoms with van der Waals surface area (Å²) in [6, 6.07) is 11.7. The van der Waals surface area contributed by atoms with Crippen LogP contribution in [-0.2, 0) is 25.5 Å². The normalized spacial score (nSPS) is 16.4. The molecule has 180 valence electrons. The van der Waals surface area contributed by atoms with Crippen molar-refractivity contribution in [2.45, 2.75) is 38.5 Å². The van der Waals surface area contributed by atoms with Gasteiger partial charge in [-0.1, -0.05) is 30.3 Å². The van der Waals surface area contributed by atoms with Gasteiger partial charge in [-0.25, -0.2) is 9.78 Å². The summed E-state index contributed by atoms with van der Waals surface area (Å²) in [4.78, 5) is 30.6. The van der Waals surface area contributed by atoms with Crippen molar-refractivity contribution in [2.24, 2.45) is 0 Å². The molecule has 0 bridgehead atoms. The number of hydrogen-bond acceptors (Lipinski definition) is 7. The summed E-state index contributed by atoms with van der Waals surface area (Å²) in [7, 11) is 2.97. The summed E-state index contributed by atoms with van der Waals surface area (Å²) in [5.74, 6) is -0.841. The molecule has 1 aliphatic heterocycles. The molecule has 1 amide bonds. The van der Waals surface area contributed by atoms with Crippen molar-refractivity contribution in [1.29, 1.82) is 0 Å². The van der Waals surface area contributed by atoms with Crippen molar-refractivity contribution in [3.63, 3.8) is 0 Å². The van der Waals surface area contributed by atoms with Crippen LogP contribution in [-0.4, -0.2) is 61.0 Å². The molecule has 0 spiro atoms. The minimum absolute atomic E-state index is 0.0423. The number of pyridine rings is 1. The molecule has 2 N–H and O–H groups in total. The lowest BCUT2D eigenvalue weighted by Crippen LogP contribution is -2.28. The molecule has 0 unspecified atom stereocenters. The zero-order valence-electron chi connectivity index (χ0n) is 19.7. The second kappa shape index (κ2) is 10.7. The van der Waals surface area contributed by atoms with E-state index in [4.69, 9.17) is 14.2 Å². The summed E-state index contributed by atoms with van der Waals surface area (Å²) >= 11 is 0. The Morgan fingerprint density at radius 3 is 2.74 bits per heavy atom. The van der Waals surface area contributed by atoms with Crippen LogP contribution in [0.25, 0.3) is 11.0 Å². The third-order valence-electron chi connectivity index (χ3n) is 5.76. The number of aromatic nitrogens is 2. The zero-order valence-corrected chi connectivity index (χ0v) is 19.7. The van der Waals surface area contributed by atoms with Gasteiger partial charge in [0.2, 0.25) is 0 Å². The van der Waals surface area contributed by atoms with Crippen LogP contribution in [0, 0.1) is 0 Å². The van der Waals surface area contributed by atoms with E-state index in [2.05, 4.69) is 15.6 Å². The fourth-order valence-electron chi connectivity index (χ4n) is 4.22. The Kier molecular flexibility index (Phi) is 7.44. The maximum Gasteiger partial charge on any atom is 0.356 e. The van der Waals surface area contributed by atoms with Gasteiger partial charge in [0.15, 0.2) is 5.69 Å². The average molecular weight is 467 g/mol. The van der Waals surface area contributed by atoms with Gasteiger partial charge < -0.3 is 29.4 Å². The molecular weight excluding hydrogens is 436 g/mol. The van der Waals surface area contributed by atoms with Crippen molar-refractivity contribution in [1.82, 2.24) is 9.55 Å². The van der Waals surface area contributed by atoms with E-state index in [1.165, 1.54) is 7.11 Å². The summed E-state index contributed by atoms with van der Waals surface area (Å²) in [6.45, 7) is 3.44. The molecule has 0 saturated carbocycles. The van der Waals surface area contributed by atoms with E-state index in [1.54, 1.807) is 17.9 Å². The van der Waals surface area contributed by atoms with Crippen LogP contribution < -0.4 is 10.6 Å².